The highest BCUT2D eigenvalue weighted by molar-refractivity contribution is 6.30. The molecule has 0 fully saturated rings. The Kier molecular flexibility index (Phi) is 2.66. The quantitative estimate of drug-likeness (QED) is 0.872. The molecule has 0 atom stereocenters. The van der Waals surface area contributed by atoms with Gasteiger partial charge in [0.05, 0.1) is 5.69 Å². The van der Waals surface area contributed by atoms with Gasteiger partial charge < -0.3 is 5.11 Å². The first-order valence-corrected chi connectivity index (χ1v) is 5.01. The third-order valence-corrected chi connectivity index (χ3v) is 2.45. The zero-order valence-electron chi connectivity index (χ0n) is 8.51. The van der Waals surface area contributed by atoms with E-state index in [0.717, 1.165) is 11.3 Å². The van der Waals surface area contributed by atoms with Crippen LogP contribution in [-0.2, 0) is 0 Å². The molecule has 16 heavy (non-hydrogen) atoms. The first-order valence-electron chi connectivity index (χ1n) is 4.63. The van der Waals surface area contributed by atoms with Crippen LogP contribution >= 0.6 is 11.6 Å². The standard InChI is InChI=1S/C11H9ClN2O2/c1-7-6-8(12)2-3-10(7)14-5-4-9(13-14)11(15)16/h2-6H,1H3,(H,15,16). The summed E-state index contributed by atoms with van der Waals surface area (Å²) in [6, 6.07) is 6.80. The Labute approximate surface area is 97.1 Å². The predicted octanol–water partition coefficient (Wildman–Crippen LogP) is 2.53. The van der Waals surface area contributed by atoms with Crippen molar-refractivity contribution in [1.82, 2.24) is 9.78 Å². The molecule has 1 aromatic heterocycles. The highest BCUT2D eigenvalue weighted by Gasteiger charge is 2.09. The SMILES string of the molecule is Cc1cc(Cl)ccc1-n1ccc(C(=O)O)n1. The smallest absolute Gasteiger partial charge is 0.356 e. The number of halogens is 1. The monoisotopic (exact) mass is 236 g/mol. The molecule has 0 amide bonds. The number of aromatic carboxylic acids is 1. The fraction of sp³-hybridized carbons (Fsp3) is 0.0909. The van der Waals surface area contributed by atoms with Gasteiger partial charge in [-0.25, -0.2) is 9.48 Å². The maximum Gasteiger partial charge on any atom is 0.356 e. The number of benzene rings is 1. The number of hydrogen-bond donors (Lipinski definition) is 1. The Morgan fingerprint density at radius 3 is 2.75 bits per heavy atom. The Morgan fingerprint density at radius 2 is 2.19 bits per heavy atom. The van der Waals surface area contributed by atoms with E-state index in [4.69, 9.17) is 16.7 Å². The van der Waals surface area contributed by atoms with E-state index in [9.17, 15) is 4.79 Å². The van der Waals surface area contributed by atoms with Gasteiger partial charge in [-0.05, 0) is 36.8 Å². The van der Waals surface area contributed by atoms with Crippen molar-refractivity contribution in [2.45, 2.75) is 6.92 Å². The van der Waals surface area contributed by atoms with Gasteiger partial charge in [-0.2, -0.15) is 5.10 Å². The lowest BCUT2D eigenvalue weighted by atomic mass is 10.2. The van der Waals surface area contributed by atoms with Crippen molar-refractivity contribution < 1.29 is 9.90 Å². The number of rotatable bonds is 2. The van der Waals surface area contributed by atoms with Gasteiger partial charge in [0.1, 0.15) is 0 Å². The number of hydrogen-bond acceptors (Lipinski definition) is 2. The van der Waals surface area contributed by atoms with Gasteiger partial charge in [-0.3, -0.25) is 0 Å². The number of carboxylic acids is 1. The third kappa shape index (κ3) is 1.92. The van der Waals surface area contributed by atoms with Gasteiger partial charge in [0.25, 0.3) is 0 Å². The van der Waals surface area contributed by atoms with E-state index in [1.807, 2.05) is 6.92 Å². The molecule has 2 rings (SSSR count). The zero-order valence-corrected chi connectivity index (χ0v) is 9.27. The molecule has 0 spiro atoms. The van der Waals surface area contributed by atoms with Crippen molar-refractivity contribution >= 4 is 17.6 Å². The molecule has 0 aliphatic heterocycles. The molecule has 0 saturated heterocycles. The molecule has 0 aliphatic carbocycles. The average Bonchev–Trinajstić information content (AvgIpc) is 2.66. The van der Waals surface area contributed by atoms with Crippen LogP contribution in [0.3, 0.4) is 0 Å². The molecule has 5 heteroatoms. The molecule has 2 aromatic rings. The van der Waals surface area contributed by atoms with Crippen LogP contribution in [0.4, 0.5) is 0 Å². The van der Waals surface area contributed by atoms with E-state index in [1.54, 1.807) is 24.4 Å². The minimum Gasteiger partial charge on any atom is -0.476 e. The fourth-order valence-electron chi connectivity index (χ4n) is 1.45. The van der Waals surface area contributed by atoms with Crippen LogP contribution in [0.25, 0.3) is 5.69 Å². The van der Waals surface area contributed by atoms with Crippen LogP contribution in [0.15, 0.2) is 30.5 Å². The first kappa shape index (κ1) is 10.7. The molecule has 0 aliphatic rings. The largest absolute Gasteiger partial charge is 0.476 e. The molecule has 0 bridgehead atoms. The summed E-state index contributed by atoms with van der Waals surface area (Å²) < 4.78 is 1.52. The van der Waals surface area contributed by atoms with E-state index in [1.165, 1.54) is 10.7 Å². The van der Waals surface area contributed by atoms with Crippen molar-refractivity contribution in [3.05, 3.63) is 46.7 Å². The lowest BCUT2D eigenvalue weighted by Gasteiger charge is -2.05. The lowest BCUT2D eigenvalue weighted by Crippen LogP contribution is -2.02. The molecule has 0 unspecified atom stereocenters. The molecule has 4 nitrogen and oxygen atoms in total. The number of aryl methyl sites for hydroxylation is 1. The fourth-order valence-corrected chi connectivity index (χ4v) is 1.67. The highest BCUT2D eigenvalue weighted by atomic mass is 35.5. The van der Waals surface area contributed by atoms with Crippen LogP contribution in [0.2, 0.25) is 5.02 Å². The van der Waals surface area contributed by atoms with E-state index < -0.39 is 5.97 Å². The van der Waals surface area contributed by atoms with Crippen LogP contribution in [0.1, 0.15) is 16.1 Å². The van der Waals surface area contributed by atoms with E-state index in [2.05, 4.69) is 5.10 Å². The molecule has 1 heterocycles. The summed E-state index contributed by atoms with van der Waals surface area (Å²) in [7, 11) is 0. The predicted molar refractivity (Wildman–Crippen MR) is 60.3 cm³/mol. The third-order valence-electron chi connectivity index (χ3n) is 2.21. The summed E-state index contributed by atoms with van der Waals surface area (Å²) in [5, 5.41) is 13.4. The molecule has 82 valence electrons. The Bertz CT molecular complexity index is 549. The topological polar surface area (TPSA) is 55.1 Å². The maximum atomic E-state index is 10.7. The Morgan fingerprint density at radius 1 is 1.44 bits per heavy atom. The second-order valence-electron chi connectivity index (χ2n) is 3.38. The van der Waals surface area contributed by atoms with Crippen molar-refractivity contribution in [3.8, 4) is 5.69 Å². The normalized spacial score (nSPS) is 10.4. The van der Waals surface area contributed by atoms with Gasteiger partial charge in [0, 0.05) is 11.2 Å². The zero-order chi connectivity index (χ0) is 11.7. The molecule has 0 saturated carbocycles. The molecule has 0 radical (unpaired) electrons. The average molecular weight is 237 g/mol. The number of nitrogens with zero attached hydrogens (tertiary/aromatic N) is 2. The summed E-state index contributed by atoms with van der Waals surface area (Å²) in [4.78, 5) is 10.7. The van der Waals surface area contributed by atoms with Gasteiger partial charge in [0.15, 0.2) is 5.69 Å². The van der Waals surface area contributed by atoms with E-state index >= 15 is 0 Å². The van der Waals surface area contributed by atoms with Crippen LogP contribution in [-0.4, -0.2) is 20.9 Å². The van der Waals surface area contributed by atoms with Crippen molar-refractivity contribution in [3.63, 3.8) is 0 Å². The second-order valence-corrected chi connectivity index (χ2v) is 3.82. The molecular formula is C11H9ClN2O2. The maximum absolute atomic E-state index is 10.7. The van der Waals surface area contributed by atoms with Gasteiger partial charge in [-0.15, -0.1) is 0 Å². The van der Waals surface area contributed by atoms with E-state index in [-0.39, 0.29) is 5.69 Å². The lowest BCUT2D eigenvalue weighted by molar-refractivity contribution is 0.0690. The second kappa shape index (κ2) is 3.98. The van der Waals surface area contributed by atoms with Crippen LogP contribution in [0, 0.1) is 6.92 Å². The highest BCUT2D eigenvalue weighted by Crippen LogP contribution is 2.18. The number of carboxylic acid groups (broad SMARTS) is 1. The summed E-state index contributed by atoms with van der Waals surface area (Å²) in [6.07, 6.45) is 1.61. The minimum atomic E-state index is -1.04. The first-order chi connectivity index (χ1) is 7.58. The summed E-state index contributed by atoms with van der Waals surface area (Å²) in [6.45, 7) is 1.89. The van der Waals surface area contributed by atoms with Gasteiger partial charge >= 0.3 is 5.97 Å². The molecule has 1 N–H and O–H groups in total. The Balaban J connectivity index is 2.46. The van der Waals surface area contributed by atoms with Gasteiger partial charge in [-0.1, -0.05) is 11.6 Å². The number of aromatic nitrogens is 2. The van der Waals surface area contributed by atoms with Crippen LogP contribution in [0.5, 0.6) is 0 Å². The molecule has 1 aromatic carbocycles. The van der Waals surface area contributed by atoms with Crippen LogP contribution < -0.4 is 0 Å². The molecular weight excluding hydrogens is 228 g/mol. The minimum absolute atomic E-state index is 0.0225. The van der Waals surface area contributed by atoms with Crippen molar-refractivity contribution in [2.24, 2.45) is 0 Å². The summed E-state index contributed by atoms with van der Waals surface area (Å²) in [5.74, 6) is -1.04. The van der Waals surface area contributed by atoms with Crippen molar-refractivity contribution in [2.75, 3.05) is 0 Å². The summed E-state index contributed by atoms with van der Waals surface area (Å²) >= 11 is 5.84. The van der Waals surface area contributed by atoms with E-state index in [0.29, 0.717) is 5.02 Å². The van der Waals surface area contributed by atoms with Gasteiger partial charge in [0.2, 0.25) is 0 Å². The summed E-state index contributed by atoms with van der Waals surface area (Å²) in [5.41, 5.74) is 1.78. The van der Waals surface area contributed by atoms with Crippen molar-refractivity contribution in [1.29, 1.82) is 0 Å². The Hall–Kier alpha value is -1.81. The number of carbonyl (C=O) groups is 1.